The number of carbonyl (C=O) groups is 2. The van der Waals surface area contributed by atoms with E-state index in [0.717, 1.165) is 99.1 Å². The van der Waals surface area contributed by atoms with Crippen molar-refractivity contribution in [3.05, 3.63) is 112 Å². The van der Waals surface area contributed by atoms with Crippen molar-refractivity contribution in [2.75, 3.05) is 34.2 Å². The first-order chi connectivity index (χ1) is 40.0. The molecule has 0 aliphatic heterocycles. The number of anilines is 6. The summed E-state index contributed by atoms with van der Waals surface area (Å²) in [6, 6.07) is 15.9. The highest BCUT2D eigenvalue weighted by molar-refractivity contribution is 7.98. The molecule has 4 atom stereocenters. The summed E-state index contributed by atoms with van der Waals surface area (Å²) in [6.45, 7) is 5.56. The maximum absolute atomic E-state index is 11.8. The molecule has 9 aromatic heterocycles. The number of pyridine rings is 3. The number of nitrogen functional groups attached to an aromatic ring is 1. The number of fused-ring (bicyclic) bond motifs is 3. The van der Waals surface area contributed by atoms with Gasteiger partial charge in [-0.15, -0.1) is 34.0 Å². The Balaban J connectivity index is 0.000000157. The molecule has 0 saturated heterocycles. The molecule has 0 spiro atoms. The molecule has 12 N–H and O–H groups in total. The van der Waals surface area contributed by atoms with Crippen molar-refractivity contribution in [2.45, 2.75) is 112 Å². The molecule has 2 amide bonds. The molecule has 0 bridgehead atoms. The van der Waals surface area contributed by atoms with Gasteiger partial charge in [-0.25, -0.2) is 44.7 Å². The van der Waals surface area contributed by atoms with E-state index in [1.165, 1.54) is 53.5 Å². The summed E-state index contributed by atoms with van der Waals surface area (Å²) in [6.07, 6.45) is 21.5. The second-order valence-corrected chi connectivity index (χ2v) is 23.9. The van der Waals surface area contributed by atoms with E-state index in [1.807, 2.05) is 91.9 Å². The Kier molecular flexibility index (Phi) is 23.2. The molecule has 2 fully saturated rings. The average molecular weight is 1230 g/mol. The lowest BCUT2D eigenvalue weighted by Crippen LogP contribution is -2.50. The molecule has 2 aliphatic rings. The number of nitriles is 2. The van der Waals surface area contributed by atoms with E-state index >= 15 is 0 Å². The van der Waals surface area contributed by atoms with E-state index in [2.05, 4.69) is 72.2 Å². The summed E-state index contributed by atoms with van der Waals surface area (Å²) >= 11 is 13.1. The number of alkyl carbamates (subject to hydrolysis) is 1. The van der Waals surface area contributed by atoms with Crippen LogP contribution in [0.3, 0.4) is 0 Å². The Bertz CT molecular complexity index is 3710. The van der Waals surface area contributed by atoms with Gasteiger partial charge in [-0.3, -0.25) is 4.79 Å². The molecule has 0 aromatic carbocycles. The topological polar surface area (TPSA) is 359 Å². The summed E-state index contributed by atoms with van der Waals surface area (Å²) in [5, 5.41) is 40.4. The number of nitrogens with one attached hydrogen (secondary N) is 4. The molecular formula is C55H62ClN19O3S5. The molecule has 2 aliphatic carbocycles. The van der Waals surface area contributed by atoms with Crippen LogP contribution in [0.2, 0.25) is 5.15 Å². The summed E-state index contributed by atoms with van der Waals surface area (Å²) < 4.78 is 5.18. The minimum Gasteiger partial charge on any atom is -0.444 e. The molecule has 9 heterocycles. The van der Waals surface area contributed by atoms with Crippen LogP contribution >= 0.6 is 69.1 Å². The van der Waals surface area contributed by atoms with Gasteiger partial charge in [-0.1, -0.05) is 60.8 Å². The van der Waals surface area contributed by atoms with E-state index in [0.29, 0.717) is 39.0 Å². The van der Waals surface area contributed by atoms with Crippen molar-refractivity contribution in [1.82, 2.24) is 50.2 Å². The van der Waals surface area contributed by atoms with Gasteiger partial charge in [0.15, 0.2) is 21.3 Å². The second kappa shape index (κ2) is 30.6. The molecule has 28 heteroatoms. The van der Waals surface area contributed by atoms with Crippen LogP contribution in [0.4, 0.5) is 39.4 Å². The number of hydrogen-bond donors (Lipinski definition) is 8. The first-order valence-corrected chi connectivity index (χ1v) is 31.4. The predicted molar refractivity (Wildman–Crippen MR) is 336 cm³/mol. The van der Waals surface area contributed by atoms with Crippen LogP contribution < -0.4 is 44.2 Å². The lowest BCUT2D eigenvalue weighted by molar-refractivity contribution is 0.0485. The van der Waals surface area contributed by atoms with Gasteiger partial charge >= 0.3 is 6.09 Å². The van der Waals surface area contributed by atoms with E-state index < -0.39 is 11.5 Å². The number of halogens is 1. The quantitative estimate of drug-likeness (QED) is 0.0358. The molecular weight excluding hydrogens is 1170 g/mol. The third-order valence-corrected chi connectivity index (χ3v) is 16.5. The predicted octanol–water partition coefficient (Wildman–Crippen LogP) is 11.4. The summed E-state index contributed by atoms with van der Waals surface area (Å²) in [5.74, 6) is 0.738. The van der Waals surface area contributed by atoms with Gasteiger partial charge in [0.25, 0.3) is 5.91 Å². The van der Waals surface area contributed by atoms with Gasteiger partial charge in [0.05, 0.1) is 29.5 Å². The highest BCUT2D eigenvalue weighted by Crippen LogP contribution is 2.33. The lowest BCUT2D eigenvalue weighted by atomic mass is 9.91. The summed E-state index contributed by atoms with van der Waals surface area (Å²) in [5.41, 5.74) is 26.3. The second-order valence-electron chi connectivity index (χ2n) is 19.4. The van der Waals surface area contributed by atoms with Crippen LogP contribution in [0.25, 0.3) is 30.6 Å². The van der Waals surface area contributed by atoms with Gasteiger partial charge in [-0.05, 0) is 95.4 Å². The number of amides is 2. The van der Waals surface area contributed by atoms with Crippen LogP contribution in [-0.2, 0) is 4.74 Å². The zero-order valence-electron chi connectivity index (χ0n) is 46.0. The maximum Gasteiger partial charge on any atom is 0.407 e. The average Bonchev–Trinajstić information content (AvgIpc) is 4.45. The van der Waals surface area contributed by atoms with E-state index in [9.17, 15) is 9.59 Å². The molecule has 83 heavy (non-hydrogen) atoms. The molecule has 2 saturated carbocycles. The van der Waals surface area contributed by atoms with Crippen LogP contribution in [0.15, 0.2) is 100 Å². The zero-order valence-corrected chi connectivity index (χ0v) is 50.8. The fourth-order valence-corrected chi connectivity index (χ4v) is 11.6. The molecule has 11 rings (SSSR count). The molecule has 22 nitrogen and oxygen atoms in total. The van der Waals surface area contributed by atoms with Crippen molar-refractivity contribution in [3.8, 4) is 12.1 Å². The van der Waals surface area contributed by atoms with Crippen molar-refractivity contribution < 1.29 is 14.3 Å². The lowest BCUT2D eigenvalue weighted by Gasteiger charge is -2.30. The number of nitrogens with two attached hydrogens (primary N) is 4. The minimum atomic E-state index is -0.587. The molecule has 0 radical (unpaired) electrons. The van der Waals surface area contributed by atoms with Crippen LogP contribution in [0, 0.1) is 22.7 Å². The number of primary amides is 1. The van der Waals surface area contributed by atoms with Gasteiger partial charge in [0, 0.05) is 81.3 Å². The monoisotopic (exact) mass is 1230 g/mol. The third kappa shape index (κ3) is 18.2. The molecule has 0 unspecified atom stereocenters. The Morgan fingerprint density at radius 2 is 1.18 bits per heavy atom. The number of nitrogens with zero attached hydrogens (tertiary/aromatic N) is 11. The van der Waals surface area contributed by atoms with Crippen LogP contribution in [0.1, 0.15) is 93.6 Å². The fourth-order valence-electron chi connectivity index (χ4n) is 8.26. The number of aromatic nitrogens is 9. The van der Waals surface area contributed by atoms with Crippen LogP contribution in [-0.4, -0.2) is 99.1 Å². The van der Waals surface area contributed by atoms with Crippen molar-refractivity contribution in [3.63, 3.8) is 0 Å². The smallest absolute Gasteiger partial charge is 0.407 e. The van der Waals surface area contributed by atoms with Gasteiger partial charge in [0.1, 0.15) is 54.7 Å². The minimum absolute atomic E-state index is 0.0708. The Morgan fingerprint density at radius 1 is 0.675 bits per heavy atom. The third-order valence-electron chi connectivity index (χ3n) is 12.4. The summed E-state index contributed by atoms with van der Waals surface area (Å²) in [4.78, 5) is 63.9. The van der Waals surface area contributed by atoms with E-state index in [-0.39, 0.29) is 41.0 Å². The normalized spacial score (nSPS) is 16.3. The number of carbonyl (C=O) groups excluding carboxylic acids is 2. The van der Waals surface area contributed by atoms with Gasteiger partial charge in [0.2, 0.25) is 5.95 Å². The van der Waals surface area contributed by atoms with Gasteiger partial charge in [-0.2, -0.15) is 15.5 Å². The van der Waals surface area contributed by atoms with Crippen molar-refractivity contribution in [1.29, 1.82) is 10.5 Å². The Morgan fingerprint density at radius 3 is 1.70 bits per heavy atom. The van der Waals surface area contributed by atoms with Crippen molar-refractivity contribution in [2.24, 2.45) is 17.2 Å². The summed E-state index contributed by atoms with van der Waals surface area (Å²) in [7, 11) is 0. The number of rotatable bonds is 10. The van der Waals surface area contributed by atoms with Crippen molar-refractivity contribution >= 4 is 146 Å². The first kappa shape index (κ1) is 63.0. The first-order valence-electron chi connectivity index (χ1n) is 25.9. The van der Waals surface area contributed by atoms with Crippen LogP contribution in [0.5, 0.6) is 0 Å². The molecule has 9 aromatic rings. The van der Waals surface area contributed by atoms with E-state index in [4.69, 9.17) is 49.8 Å². The standard InChI is InChI=1S/C18H21N7OS.C13H9N5S2.C11H22N2O2.C7H6N2S.C6H4ClN3S/c19-12-5-1-2-6-13(12)24-18-22-8-11(15(20)26)16(25-18)23-14-9-27-17-10(14)4-3-7-21-17;1-19-13-16-6-8(5-14)11(18-13)17-10-7-20-12-9(10)3-2-4-15-12;1-11(2,3)15-10(14)13-9-7-5-4-6-8(9)12;8-6-4-10-7-5(6)2-1-3-9-7;1-11-6-9-3-4(2-8)5(7)10-6/h3-4,7-9,12-13H,1-2,5-6,19H2,(H2,20,26)(H2,22,23,24,25);2-4,6-7H,1H3,(H,16,17,18);8-9H,4-7,12H2,1-3H3,(H,13,14);1-4H,8H2;3H,1H3/t12-,13+;;8-,9+;;/m0.1../s1. The number of thioether (sulfide) groups is 2. The Hall–Kier alpha value is -7.60. The highest BCUT2D eigenvalue weighted by Gasteiger charge is 2.26. The maximum atomic E-state index is 11.8. The number of ether oxygens (including phenoxy) is 1. The zero-order chi connectivity index (χ0) is 59.5. The SMILES string of the molecule is CC(C)(C)OC(=O)N[C@H]1CCCC[C@H]1N.CSc1ncc(C#N)c(Cl)n1.CSc1ncc(C#N)c(Nc2csc3ncccc23)n1.NC(=O)c1cnc(N[C@@H]2CCCC[C@@H]2N)nc1Nc1csc2ncccc12.Nc1csc2ncccc12. The fraction of sp³-hybridized carbons (Fsp3) is 0.327. The van der Waals surface area contributed by atoms with E-state index in [1.54, 1.807) is 41.3 Å². The molecule has 432 valence electrons. The van der Waals surface area contributed by atoms with Gasteiger partial charge < -0.3 is 48.9 Å². The number of hydrogen-bond acceptors (Lipinski definition) is 25. The highest BCUT2D eigenvalue weighted by atomic mass is 35.5. The number of thiophene rings is 3. The largest absolute Gasteiger partial charge is 0.444 e. The Labute approximate surface area is 505 Å².